The Bertz CT molecular complexity index is 342. The van der Waals surface area contributed by atoms with E-state index in [2.05, 4.69) is 24.3 Å². The van der Waals surface area contributed by atoms with Crippen LogP contribution in [0, 0.1) is 11.8 Å². The molecule has 1 fully saturated rings. The molecule has 1 aromatic rings. The average Bonchev–Trinajstić information content (AvgIpc) is 2.88. The monoisotopic (exact) mass is 241 g/mol. The average molecular weight is 242 g/mol. The SMILES string of the molecule is CCCNC(c1c(Cl)cnn1C)C1CC1C. The highest BCUT2D eigenvalue weighted by atomic mass is 35.5. The van der Waals surface area contributed by atoms with E-state index in [0.717, 1.165) is 35.5 Å². The van der Waals surface area contributed by atoms with Gasteiger partial charge in [-0.2, -0.15) is 5.10 Å². The highest BCUT2D eigenvalue weighted by molar-refractivity contribution is 6.31. The van der Waals surface area contributed by atoms with E-state index >= 15 is 0 Å². The zero-order valence-electron chi connectivity index (χ0n) is 10.2. The number of aromatic nitrogens is 2. The summed E-state index contributed by atoms with van der Waals surface area (Å²) in [5.74, 6) is 1.53. The minimum atomic E-state index is 0.370. The Kier molecular flexibility index (Phi) is 3.55. The predicted octanol–water partition coefficient (Wildman–Crippen LogP) is 2.77. The summed E-state index contributed by atoms with van der Waals surface area (Å²) in [7, 11) is 1.97. The van der Waals surface area contributed by atoms with Gasteiger partial charge in [0.1, 0.15) is 0 Å². The second-order valence-electron chi connectivity index (χ2n) is 4.81. The highest BCUT2D eigenvalue weighted by Gasteiger charge is 2.41. The van der Waals surface area contributed by atoms with Crippen molar-refractivity contribution in [1.29, 1.82) is 0 Å². The molecule has 0 saturated heterocycles. The lowest BCUT2D eigenvalue weighted by atomic mass is 10.1. The minimum absolute atomic E-state index is 0.370. The number of hydrogen-bond donors (Lipinski definition) is 1. The first kappa shape index (κ1) is 11.9. The maximum absolute atomic E-state index is 6.21. The van der Waals surface area contributed by atoms with Crippen molar-refractivity contribution >= 4 is 11.6 Å². The summed E-state index contributed by atoms with van der Waals surface area (Å²) in [6, 6.07) is 0.370. The van der Waals surface area contributed by atoms with Crippen LogP contribution < -0.4 is 5.32 Å². The Morgan fingerprint density at radius 2 is 2.38 bits per heavy atom. The van der Waals surface area contributed by atoms with Crippen LogP contribution in [-0.2, 0) is 7.05 Å². The molecule has 0 radical (unpaired) electrons. The van der Waals surface area contributed by atoms with Crippen LogP contribution in [0.25, 0.3) is 0 Å². The third-order valence-corrected chi connectivity index (χ3v) is 3.74. The van der Waals surface area contributed by atoms with Gasteiger partial charge in [-0.05, 0) is 31.2 Å². The van der Waals surface area contributed by atoms with Gasteiger partial charge in [0.15, 0.2) is 0 Å². The topological polar surface area (TPSA) is 29.9 Å². The number of nitrogens with zero attached hydrogens (tertiary/aromatic N) is 2. The molecule has 4 heteroatoms. The van der Waals surface area contributed by atoms with Gasteiger partial charge >= 0.3 is 0 Å². The van der Waals surface area contributed by atoms with E-state index in [-0.39, 0.29) is 0 Å². The molecule has 1 aromatic heterocycles. The van der Waals surface area contributed by atoms with Crippen LogP contribution in [0.3, 0.4) is 0 Å². The van der Waals surface area contributed by atoms with Crippen molar-refractivity contribution in [2.45, 2.75) is 32.7 Å². The maximum atomic E-state index is 6.21. The van der Waals surface area contributed by atoms with Crippen LogP contribution >= 0.6 is 11.6 Å². The Labute approximate surface area is 102 Å². The molecule has 1 saturated carbocycles. The largest absolute Gasteiger partial charge is 0.308 e. The van der Waals surface area contributed by atoms with Crippen molar-refractivity contribution in [2.24, 2.45) is 18.9 Å². The summed E-state index contributed by atoms with van der Waals surface area (Å²) < 4.78 is 1.90. The summed E-state index contributed by atoms with van der Waals surface area (Å²) >= 11 is 6.21. The lowest BCUT2D eigenvalue weighted by Gasteiger charge is -2.19. The molecule has 3 unspecified atom stereocenters. The normalized spacial score (nSPS) is 25.8. The number of hydrogen-bond acceptors (Lipinski definition) is 2. The number of nitrogens with one attached hydrogen (secondary N) is 1. The van der Waals surface area contributed by atoms with Crippen LogP contribution in [-0.4, -0.2) is 16.3 Å². The fourth-order valence-electron chi connectivity index (χ4n) is 2.34. The van der Waals surface area contributed by atoms with Crippen LogP contribution in [0.15, 0.2) is 6.20 Å². The first-order chi connectivity index (χ1) is 7.65. The summed E-state index contributed by atoms with van der Waals surface area (Å²) in [6.07, 6.45) is 4.18. The summed E-state index contributed by atoms with van der Waals surface area (Å²) in [4.78, 5) is 0. The van der Waals surface area contributed by atoms with Gasteiger partial charge in [-0.25, -0.2) is 0 Å². The molecule has 2 rings (SSSR count). The number of halogens is 1. The lowest BCUT2D eigenvalue weighted by molar-refractivity contribution is 0.436. The smallest absolute Gasteiger partial charge is 0.0834 e. The third kappa shape index (κ3) is 2.25. The molecule has 1 aliphatic carbocycles. The minimum Gasteiger partial charge on any atom is -0.308 e. The van der Waals surface area contributed by atoms with Crippen LogP contribution in [0.5, 0.6) is 0 Å². The molecule has 3 atom stereocenters. The van der Waals surface area contributed by atoms with Crippen molar-refractivity contribution in [3.8, 4) is 0 Å². The van der Waals surface area contributed by atoms with Crippen LogP contribution in [0.4, 0.5) is 0 Å². The van der Waals surface area contributed by atoms with Crippen molar-refractivity contribution in [2.75, 3.05) is 6.54 Å². The fourth-order valence-corrected chi connectivity index (χ4v) is 2.62. The van der Waals surface area contributed by atoms with Crippen molar-refractivity contribution in [3.63, 3.8) is 0 Å². The zero-order chi connectivity index (χ0) is 11.7. The summed E-state index contributed by atoms with van der Waals surface area (Å²) in [6.45, 7) is 5.52. The molecule has 1 heterocycles. The molecule has 0 bridgehead atoms. The zero-order valence-corrected chi connectivity index (χ0v) is 11.0. The van der Waals surface area contributed by atoms with Crippen molar-refractivity contribution in [1.82, 2.24) is 15.1 Å². The van der Waals surface area contributed by atoms with Gasteiger partial charge in [-0.1, -0.05) is 25.4 Å². The quantitative estimate of drug-likeness (QED) is 0.859. The fraction of sp³-hybridized carbons (Fsp3) is 0.750. The van der Waals surface area contributed by atoms with E-state index in [1.54, 1.807) is 6.20 Å². The Balaban J connectivity index is 2.18. The van der Waals surface area contributed by atoms with Crippen molar-refractivity contribution in [3.05, 3.63) is 16.9 Å². The maximum Gasteiger partial charge on any atom is 0.0834 e. The van der Waals surface area contributed by atoms with Gasteiger partial charge < -0.3 is 5.32 Å². The second kappa shape index (κ2) is 4.76. The van der Waals surface area contributed by atoms with Gasteiger partial charge in [-0.15, -0.1) is 0 Å². The second-order valence-corrected chi connectivity index (χ2v) is 5.22. The van der Waals surface area contributed by atoms with Gasteiger partial charge in [0.2, 0.25) is 0 Å². The van der Waals surface area contributed by atoms with E-state index in [4.69, 9.17) is 11.6 Å². The standard InChI is InChI=1S/C12H20ClN3/c1-4-5-14-11(9-6-8(9)2)12-10(13)7-15-16(12)3/h7-9,11,14H,4-6H2,1-3H3. The highest BCUT2D eigenvalue weighted by Crippen LogP contribution is 2.47. The first-order valence-electron chi connectivity index (χ1n) is 6.06. The molecule has 1 aliphatic rings. The van der Waals surface area contributed by atoms with Gasteiger partial charge in [-0.3, -0.25) is 4.68 Å². The molecule has 3 nitrogen and oxygen atoms in total. The number of aryl methyl sites for hydroxylation is 1. The van der Waals surface area contributed by atoms with E-state index < -0.39 is 0 Å². The van der Waals surface area contributed by atoms with E-state index in [9.17, 15) is 0 Å². The Morgan fingerprint density at radius 1 is 1.69 bits per heavy atom. The molecule has 16 heavy (non-hydrogen) atoms. The molecular weight excluding hydrogens is 222 g/mol. The van der Waals surface area contributed by atoms with Crippen molar-refractivity contribution < 1.29 is 0 Å². The van der Waals surface area contributed by atoms with Gasteiger partial charge in [0, 0.05) is 7.05 Å². The van der Waals surface area contributed by atoms with E-state index in [1.165, 1.54) is 6.42 Å². The molecular formula is C12H20ClN3. The Morgan fingerprint density at radius 3 is 2.81 bits per heavy atom. The van der Waals surface area contributed by atoms with E-state index in [1.807, 2.05) is 11.7 Å². The van der Waals surface area contributed by atoms with Crippen LogP contribution in [0.2, 0.25) is 5.02 Å². The molecule has 1 N–H and O–H groups in total. The third-order valence-electron chi connectivity index (χ3n) is 3.45. The lowest BCUT2D eigenvalue weighted by Crippen LogP contribution is -2.26. The number of rotatable bonds is 5. The summed E-state index contributed by atoms with van der Waals surface area (Å²) in [5, 5.41) is 8.61. The molecule has 0 amide bonds. The molecule has 0 spiro atoms. The van der Waals surface area contributed by atoms with Gasteiger partial charge in [0.25, 0.3) is 0 Å². The molecule has 90 valence electrons. The first-order valence-corrected chi connectivity index (χ1v) is 6.43. The molecule has 0 aromatic carbocycles. The molecule has 0 aliphatic heterocycles. The van der Waals surface area contributed by atoms with E-state index in [0.29, 0.717) is 6.04 Å². The van der Waals surface area contributed by atoms with Gasteiger partial charge in [0.05, 0.1) is 23.0 Å². The predicted molar refractivity (Wildman–Crippen MR) is 66.5 cm³/mol. The van der Waals surface area contributed by atoms with Crippen LogP contribution in [0.1, 0.15) is 38.4 Å². The Hall–Kier alpha value is -0.540. The summed E-state index contributed by atoms with van der Waals surface area (Å²) in [5.41, 5.74) is 1.14.